The standard InChI is InChI=1S/C11H17N3OS2/c1-8-4-3-5-14(6-8)10(15)7-16-11-13-12-9(2)17-11/h8H,3-7H2,1-2H3/t8-/m0/s1. The van der Waals surface area contributed by atoms with E-state index in [0.717, 1.165) is 28.9 Å². The van der Waals surface area contributed by atoms with Gasteiger partial charge >= 0.3 is 0 Å². The molecule has 1 aliphatic heterocycles. The molecule has 1 saturated heterocycles. The number of hydrogen-bond acceptors (Lipinski definition) is 5. The van der Waals surface area contributed by atoms with Gasteiger partial charge < -0.3 is 4.90 Å². The normalized spacial score (nSPS) is 20.6. The fourth-order valence-corrected chi connectivity index (χ4v) is 3.69. The Balaban J connectivity index is 1.80. The van der Waals surface area contributed by atoms with Gasteiger partial charge in [0.25, 0.3) is 0 Å². The lowest BCUT2D eigenvalue weighted by Gasteiger charge is -2.30. The van der Waals surface area contributed by atoms with Crippen LogP contribution < -0.4 is 0 Å². The van der Waals surface area contributed by atoms with E-state index in [4.69, 9.17) is 0 Å². The molecule has 0 saturated carbocycles. The third-order valence-electron chi connectivity index (χ3n) is 2.84. The Morgan fingerprint density at radius 1 is 1.59 bits per heavy atom. The van der Waals surface area contributed by atoms with Crippen molar-refractivity contribution >= 4 is 29.0 Å². The summed E-state index contributed by atoms with van der Waals surface area (Å²) in [4.78, 5) is 14.0. The van der Waals surface area contributed by atoms with Gasteiger partial charge in [0.1, 0.15) is 5.01 Å². The number of aromatic nitrogens is 2. The molecule has 0 aromatic carbocycles. The SMILES string of the molecule is Cc1nnc(SCC(=O)N2CCC[C@H](C)C2)s1. The minimum absolute atomic E-state index is 0.231. The number of rotatable bonds is 3. The first kappa shape index (κ1) is 12.8. The number of nitrogens with zero attached hydrogens (tertiary/aromatic N) is 3. The molecule has 2 heterocycles. The van der Waals surface area contributed by atoms with Gasteiger partial charge in [-0.05, 0) is 25.7 Å². The van der Waals surface area contributed by atoms with Crippen LogP contribution >= 0.6 is 23.1 Å². The van der Waals surface area contributed by atoms with Gasteiger partial charge in [-0.25, -0.2) is 0 Å². The van der Waals surface area contributed by atoms with E-state index in [1.807, 2.05) is 11.8 Å². The van der Waals surface area contributed by atoms with E-state index < -0.39 is 0 Å². The van der Waals surface area contributed by atoms with E-state index in [-0.39, 0.29) is 5.91 Å². The number of amides is 1. The van der Waals surface area contributed by atoms with E-state index in [1.165, 1.54) is 18.2 Å². The van der Waals surface area contributed by atoms with Gasteiger partial charge in [-0.15, -0.1) is 10.2 Å². The molecule has 1 atom stereocenters. The highest BCUT2D eigenvalue weighted by Crippen LogP contribution is 2.23. The summed E-state index contributed by atoms with van der Waals surface area (Å²) in [6.07, 6.45) is 2.38. The summed E-state index contributed by atoms with van der Waals surface area (Å²) < 4.78 is 0.890. The van der Waals surface area contributed by atoms with E-state index in [1.54, 1.807) is 11.3 Å². The monoisotopic (exact) mass is 271 g/mol. The molecule has 1 aliphatic rings. The highest BCUT2D eigenvalue weighted by atomic mass is 32.2. The van der Waals surface area contributed by atoms with Crippen molar-refractivity contribution < 1.29 is 4.79 Å². The average molecular weight is 271 g/mol. The van der Waals surface area contributed by atoms with Crippen LogP contribution in [0.15, 0.2) is 4.34 Å². The molecule has 6 heteroatoms. The Bertz CT molecular complexity index is 394. The molecule has 0 radical (unpaired) electrons. The van der Waals surface area contributed by atoms with Crippen LogP contribution in [-0.2, 0) is 4.79 Å². The summed E-state index contributed by atoms with van der Waals surface area (Å²) >= 11 is 3.04. The van der Waals surface area contributed by atoms with Crippen molar-refractivity contribution in [1.29, 1.82) is 0 Å². The smallest absolute Gasteiger partial charge is 0.233 e. The second-order valence-corrected chi connectivity index (χ2v) is 6.87. The molecule has 2 rings (SSSR count). The number of hydrogen-bond donors (Lipinski definition) is 0. The van der Waals surface area contributed by atoms with Gasteiger partial charge in [0, 0.05) is 13.1 Å². The van der Waals surface area contributed by atoms with Crippen molar-refractivity contribution in [3.05, 3.63) is 5.01 Å². The average Bonchev–Trinajstić information content (AvgIpc) is 2.72. The zero-order valence-electron chi connectivity index (χ0n) is 10.2. The molecule has 0 unspecified atom stereocenters. The van der Waals surface area contributed by atoms with E-state index in [2.05, 4.69) is 17.1 Å². The zero-order chi connectivity index (χ0) is 12.3. The quantitative estimate of drug-likeness (QED) is 0.791. The fourth-order valence-electron chi connectivity index (χ4n) is 1.97. The first-order chi connectivity index (χ1) is 8.15. The number of aryl methyl sites for hydroxylation is 1. The lowest BCUT2D eigenvalue weighted by Crippen LogP contribution is -2.40. The molecule has 0 aliphatic carbocycles. The third-order valence-corrected chi connectivity index (χ3v) is 4.79. The highest BCUT2D eigenvalue weighted by Gasteiger charge is 2.21. The van der Waals surface area contributed by atoms with Gasteiger partial charge in [-0.1, -0.05) is 30.0 Å². The minimum atomic E-state index is 0.231. The molecule has 0 spiro atoms. The van der Waals surface area contributed by atoms with Crippen molar-refractivity contribution in [3.8, 4) is 0 Å². The van der Waals surface area contributed by atoms with Gasteiger partial charge in [0.05, 0.1) is 5.75 Å². The maximum absolute atomic E-state index is 12.0. The Morgan fingerprint density at radius 3 is 3.06 bits per heavy atom. The Morgan fingerprint density at radius 2 is 2.41 bits per heavy atom. The zero-order valence-corrected chi connectivity index (χ0v) is 11.8. The van der Waals surface area contributed by atoms with Crippen LogP contribution in [0.2, 0.25) is 0 Å². The van der Waals surface area contributed by atoms with Gasteiger partial charge in [-0.3, -0.25) is 4.79 Å². The number of carbonyl (C=O) groups is 1. The predicted octanol–water partition coefficient (Wildman–Crippen LogP) is 2.20. The molecule has 1 amide bonds. The topological polar surface area (TPSA) is 46.1 Å². The molecular formula is C11H17N3OS2. The van der Waals surface area contributed by atoms with Crippen molar-refractivity contribution in [2.24, 2.45) is 5.92 Å². The van der Waals surface area contributed by atoms with Crippen LogP contribution in [0.4, 0.5) is 0 Å². The molecule has 94 valence electrons. The Labute approximate surface area is 110 Å². The lowest BCUT2D eigenvalue weighted by atomic mass is 10.0. The Hall–Kier alpha value is -0.620. The van der Waals surface area contributed by atoms with E-state index in [0.29, 0.717) is 11.7 Å². The fraction of sp³-hybridized carbons (Fsp3) is 0.727. The predicted molar refractivity (Wildman–Crippen MR) is 70.3 cm³/mol. The van der Waals surface area contributed by atoms with Gasteiger partial charge in [-0.2, -0.15) is 0 Å². The van der Waals surface area contributed by atoms with Gasteiger partial charge in [0.15, 0.2) is 4.34 Å². The molecule has 1 aromatic heterocycles. The highest BCUT2D eigenvalue weighted by molar-refractivity contribution is 8.01. The summed E-state index contributed by atoms with van der Waals surface area (Å²) in [6, 6.07) is 0. The molecule has 1 fully saturated rings. The van der Waals surface area contributed by atoms with E-state index in [9.17, 15) is 4.79 Å². The first-order valence-corrected chi connectivity index (χ1v) is 7.66. The summed E-state index contributed by atoms with van der Waals surface area (Å²) in [5.41, 5.74) is 0. The second-order valence-electron chi connectivity index (χ2n) is 4.46. The van der Waals surface area contributed by atoms with Crippen LogP contribution in [0.5, 0.6) is 0 Å². The minimum Gasteiger partial charge on any atom is -0.342 e. The molecule has 1 aromatic rings. The van der Waals surface area contributed by atoms with Crippen LogP contribution in [0.25, 0.3) is 0 Å². The van der Waals surface area contributed by atoms with E-state index >= 15 is 0 Å². The van der Waals surface area contributed by atoms with Crippen molar-refractivity contribution in [3.63, 3.8) is 0 Å². The second kappa shape index (κ2) is 5.82. The summed E-state index contributed by atoms with van der Waals surface area (Å²) in [5, 5.41) is 8.90. The van der Waals surface area contributed by atoms with Crippen molar-refractivity contribution in [2.45, 2.75) is 31.0 Å². The number of piperidine rings is 1. The maximum atomic E-state index is 12.0. The Kier molecular flexibility index (Phi) is 4.39. The molecule has 4 nitrogen and oxygen atoms in total. The summed E-state index contributed by atoms with van der Waals surface area (Å²) in [7, 11) is 0. The largest absolute Gasteiger partial charge is 0.342 e. The van der Waals surface area contributed by atoms with Crippen LogP contribution in [0, 0.1) is 12.8 Å². The maximum Gasteiger partial charge on any atom is 0.233 e. The third kappa shape index (κ3) is 3.67. The number of thioether (sulfide) groups is 1. The molecular weight excluding hydrogens is 254 g/mol. The molecule has 0 bridgehead atoms. The number of carbonyl (C=O) groups excluding carboxylic acids is 1. The van der Waals surface area contributed by atoms with Gasteiger partial charge in [0.2, 0.25) is 5.91 Å². The van der Waals surface area contributed by atoms with Crippen molar-refractivity contribution in [1.82, 2.24) is 15.1 Å². The van der Waals surface area contributed by atoms with Crippen molar-refractivity contribution in [2.75, 3.05) is 18.8 Å². The number of likely N-dealkylation sites (tertiary alicyclic amines) is 1. The van der Waals surface area contributed by atoms with Crippen LogP contribution in [0.1, 0.15) is 24.8 Å². The lowest BCUT2D eigenvalue weighted by molar-refractivity contribution is -0.130. The summed E-state index contributed by atoms with van der Waals surface area (Å²) in [6.45, 7) is 5.96. The summed E-state index contributed by atoms with van der Waals surface area (Å²) in [5.74, 6) is 1.36. The van der Waals surface area contributed by atoms with Crippen LogP contribution in [0.3, 0.4) is 0 Å². The molecule has 0 N–H and O–H groups in total. The first-order valence-electron chi connectivity index (χ1n) is 5.86. The van der Waals surface area contributed by atoms with Crippen LogP contribution in [-0.4, -0.2) is 39.8 Å². The molecule has 17 heavy (non-hydrogen) atoms.